The van der Waals surface area contributed by atoms with Crippen LogP contribution in [0.5, 0.6) is 0 Å². The van der Waals surface area contributed by atoms with Crippen LogP contribution < -0.4 is 5.32 Å². The summed E-state index contributed by atoms with van der Waals surface area (Å²) in [5.41, 5.74) is 1.58. The monoisotopic (exact) mass is 944 g/mol. The van der Waals surface area contributed by atoms with Crippen LogP contribution in [0.2, 0.25) is 0 Å². The first-order valence-electron chi connectivity index (χ1n) is 26.2. The van der Waals surface area contributed by atoms with Gasteiger partial charge in [0.25, 0.3) is 0 Å². The maximum Gasteiger partial charge on any atom is 0.475 e. The molecule has 0 saturated carbocycles. The van der Waals surface area contributed by atoms with Gasteiger partial charge in [-0.3, -0.25) is 23.2 Å². The second-order valence-electron chi connectivity index (χ2n) is 17.8. The normalized spacial score (nSPS) is 12.6. The Balaban J connectivity index is 1.83. The van der Waals surface area contributed by atoms with Gasteiger partial charge in [0.15, 0.2) is 6.10 Å². The number of phosphoric acid groups is 1. The smallest absolute Gasteiger partial charge is 0.462 e. The lowest BCUT2D eigenvalue weighted by molar-refractivity contribution is -0.161. The molecule has 0 aliphatic heterocycles. The van der Waals surface area contributed by atoms with Crippen molar-refractivity contribution >= 4 is 25.9 Å². The molecule has 11 nitrogen and oxygen atoms in total. The second kappa shape index (κ2) is 41.9. The van der Waals surface area contributed by atoms with Crippen LogP contribution >= 0.6 is 7.82 Å². The highest BCUT2D eigenvalue weighted by Crippen LogP contribution is 2.50. The summed E-state index contributed by atoms with van der Waals surface area (Å²) in [5.74, 6) is -0.823. The van der Waals surface area contributed by atoms with Crippen molar-refractivity contribution in [3.05, 3.63) is 71.8 Å². The van der Waals surface area contributed by atoms with E-state index in [1.807, 2.05) is 60.7 Å². The summed E-state index contributed by atoms with van der Waals surface area (Å²) in [4.78, 5) is 38.2. The molecule has 0 aliphatic carbocycles. The summed E-state index contributed by atoms with van der Waals surface area (Å²) in [6.07, 6.45) is 32.9. The van der Waals surface area contributed by atoms with E-state index < -0.39 is 32.6 Å². The highest BCUT2D eigenvalue weighted by atomic mass is 31.2. The summed E-state index contributed by atoms with van der Waals surface area (Å²) in [6, 6.07) is 18.4. The van der Waals surface area contributed by atoms with E-state index in [0.29, 0.717) is 6.42 Å². The van der Waals surface area contributed by atoms with Gasteiger partial charge in [0.1, 0.15) is 13.2 Å². The molecule has 0 aliphatic rings. The summed E-state index contributed by atoms with van der Waals surface area (Å²) in [7, 11) is -4.27. The minimum Gasteiger partial charge on any atom is -0.462 e. The molecule has 0 radical (unpaired) electrons. The molecule has 2 rings (SSSR count). The Morgan fingerprint density at radius 3 is 1.33 bits per heavy atom. The third-order valence-electron chi connectivity index (χ3n) is 11.7. The van der Waals surface area contributed by atoms with Gasteiger partial charge in [-0.2, -0.15) is 0 Å². The Kier molecular flexibility index (Phi) is 37.4. The van der Waals surface area contributed by atoms with Crippen molar-refractivity contribution < 1.29 is 46.7 Å². The molecule has 66 heavy (non-hydrogen) atoms. The molecule has 0 aromatic heterocycles. The van der Waals surface area contributed by atoms with Gasteiger partial charge in [-0.1, -0.05) is 241 Å². The third kappa shape index (κ3) is 35.0. The van der Waals surface area contributed by atoms with Gasteiger partial charge >= 0.3 is 25.9 Å². The highest BCUT2D eigenvalue weighted by Gasteiger charge is 2.30. The lowest BCUT2D eigenvalue weighted by atomic mass is 10.0. The summed E-state index contributed by atoms with van der Waals surface area (Å²) >= 11 is 0. The van der Waals surface area contributed by atoms with E-state index in [0.717, 1.165) is 49.7 Å². The fraction of sp³-hybridized carbons (Fsp3) is 0.722. The average molecular weight is 944 g/mol. The van der Waals surface area contributed by atoms with Crippen LogP contribution in [0.25, 0.3) is 0 Å². The number of benzene rings is 2. The molecule has 0 heterocycles. The Labute approximate surface area is 400 Å². The van der Waals surface area contributed by atoms with Gasteiger partial charge < -0.3 is 19.5 Å². The number of nitrogens with one attached hydrogen (secondary N) is 1. The van der Waals surface area contributed by atoms with Crippen molar-refractivity contribution in [1.82, 2.24) is 5.32 Å². The van der Waals surface area contributed by atoms with E-state index in [4.69, 9.17) is 27.8 Å². The first-order chi connectivity index (χ1) is 32.3. The van der Waals surface area contributed by atoms with Crippen LogP contribution in [0.4, 0.5) is 4.79 Å². The van der Waals surface area contributed by atoms with Crippen molar-refractivity contribution in [3.8, 4) is 0 Å². The average Bonchev–Trinajstić information content (AvgIpc) is 3.33. The molecular formula is C54H90NO10P. The van der Waals surface area contributed by atoms with Crippen LogP contribution in [0.15, 0.2) is 60.7 Å². The Bertz CT molecular complexity index is 1500. The summed E-state index contributed by atoms with van der Waals surface area (Å²) in [5, 5.41) is 2.58. The molecule has 2 atom stereocenters. The minimum absolute atomic E-state index is 0.0376. The summed E-state index contributed by atoms with van der Waals surface area (Å²) < 4.78 is 47.7. The number of amides is 1. The molecule has 376 valence electrons. The molecule has 12 heteroatoms. The van der Waals surface area contributed by atoms with E-state index in [1.165, 1.54) is 135 Å². The second-order valence-corrected chi connectivity index (χ2v) is 19.5. The number of carbonyl (C=O) groups is 3. The maximum absolute atomic E-state index is 14.0. The molecule has 2 aromatic carbocycles. The molecule has 0 spiro atoms. The predicted molar refractivity (Wildman–Crippen MR) is 266 cm³/mol. The van der Waals surface area contributed by atoms with Gasteiger partial charge in [0, 0.05) is 19.4 Å². The van der Waals surface area contributed by atoms with Crippen LogP contribution in [0.3, 0.4) is 0 Å². The molecule has 2 aromatic rings. The number of hydrogen-bond donors (Lipinski definition) is 1. The molecule has 0 bridgehead atoms. The number of carbonyl (C=O) groups excluding carboxylic acids is 3. The Morgan fingerprint density at radius 1 is 0.470 bits per heavy atom. The van der Waals surface area contributed by atoms with E-state index in [1.54, 1.807) is 0 Å². The molecule has 1 amide bonds. The molecule has 0 saturated heterocycles. The zero-order valence-corrected chi connectivity index (χ0v) is 42.2. The quantitative estimate of drug-likeness (QED) is 0.0296. The number of alkyl carbamates (subject to hydrolysis) is 1. The number of esters is 2. The third-order valence-corrected chi connectivity index (χ3v) is 13.1. The van der Waals surface area contributed by atoms with Crippen LogP contribution in [0.1, 0.15) is 218 Å². The molecule has 1 unspecified atom stereocenters. The van der Waals surface area contributed by atoms with E-state index in [9.17, 15) is 18.9 Å². The number of rotatable bonds is 45. The minimum atomic E-state index is -4.27. The lowest BCUT2D eigenvalue weighted by Crippen LogP contribution is -2.30. The SMILES string of the molecule is CCCCCCCCCCCCCCCCCC(=O)OC[C@H](COP(=O)(OCCNC(=O)OCc1ccccc1)OCc1ccccc1)OC(=O)CCCCCCCCCCCCCCC. The Hall–Kier alpha value is -3.24. The van der Waals surface area contributed by atoms with E-state index in [-0.39, 0.29) is 51.8 Å². The number of unbranched alkanes of at least 4 members (excludes halogenated alkanes) is 26. The van der Waals surface area contributed by atoms with Crippen LogP contribution in [-0.4, -0.2) is 50.5 Å². The lowest BCUT2D eigenvalue weighted by Gasteiger charge is -2.22. The van der Waals surface area contributed by atoms with E-state index >= 15 is 0 Å². The Morgan fingerprint density at radius 2 is 0.879 bits per heavy atom. The molecule has 0 fully saturated rings. The molecule has 1 N–H and O–H groups in total. The highest BCUT2D eigenvalue weighted by molar-refractivity contribution is 7.48. The zero-order chi connectivity index (χ0) is 47.4. The van der Waals surface area contributed by atoms with Crippen molar-refractivity contribution in [1.29, 1.82) is 0 Å². The first-order valence-corrected chi connectivity index (χ1v) is 27.7. The largest absolute Gasteiger partial charge is 0.475 e. The van der Waals surface area contributed by atoms with Crippen molar-refractivity contribution in [3.63, 3.8) is 0 Å². The maximum atomic E-state index is 14.0. The van der Waals surface area contributed by atoms with Gasteiger partial charge in [-0.15, -0.1) is 0 Å². The van der Waals surface area contributed by atoms with Crippen molar-refractivity contribution in [2.24, 2.45) is 0 Å². The molecular weight excluding hydrogens is 854 g/mol. The van der Waals surface area contributed by atoms with Crippen LogP contribution in [0, 0.1) is 0 Å². The fourth-order valence-electron chi connectivity index (χ4n) is 7.65. The number of hydrogen-bond acceptors (Lipinski definition) is 10. The van der Waals surface area contributed by atoms with Crippen LogP contribution in [-0.2, 0) is 55.1 Å². The van der Waals surface area contributed by atoms with Gasteiger partial charge in [0.2, 0.25) is 0 Å². The standard InChI is InChI=1S/C54H90NO10P/c1-3-5-7-9-11-13-15-17-18-20-21-23-25-27-35-41-52(56)60-47-51(65-53(57)42-36-28-26-24-22-19-16-14-12-10-8-6-4-2)48-64-66(59,63-46-50-39-33-30-34-40-50)62-44-43-55-54(58)61-45-49-37-31-29-32-38-49/h29-34,37-40,51H,3-28,35-36,41-48H2,1-2H3,(H,55,58)/t51-,66?/m1/s1. The van der Waals surface area contributed by atoms with Gasteiger partial charge in [-0.05, 0) is 24.0 Å². The summed E-state index contributed by atoms with van der Waals surface area (Å²) in [6.45, 7) is 3.62. The van der Waals surface area contributed by atoms with Crippen molar-refractivity contribution in [2.75, 3.05) is 26.4 Å². The zero-order valence-electron chi connectivity index (χ0n) is 41.3. The number of ether oxygens (including phenoxy) is 3. The predicted octanol–water partition coefficient (Wildman–Crippen LogP) is 15.5. The number of phosphoric ester groups is 1. The topological polar surface area (TPSA) is 136 Å². The van der Waals surface area contributed by atoms with E-state index in [2.05, 4.69) is 19.2 Å². The van der Waals surface area contributed by atoms with Gasteiger partial charge in [0.05, 0.1) is 19.8 Å². The van der Waals surface area contributed by atoms with Crippen molar-refractivity contribution in [2.45, 2.75) is 226 Å². The first kappa shape index (κ1) is 58.9. The fourth-order valence-corrected chi connectivity index (χ4v) is 8.84. The van der Waals surface area contributed by atoms with Gasteiger partial charge in [-0.25, -0.2) is 9.36 Å².